The fraction of sp³-hybridized carbons (Fsp3) is 0.158. The molecule has 1 aliphatic heterocycles. The number of benzodiazepines with no additional fused rings is 1. The van der Waals surface area contributed by atoms with Crippen LogP contribution in [0.15, 0.2) is 65.3 Å². The lowest BCUT2D eigenvalue weighted by molar-refractivity contribution is -0.123. The Morgan fingerprint density at radius 3 is 2.67 bits per heavy atom. The number of halogens is 1. The fourth-order valence-electron chi connectivity index (χ4n) is 2.49. The van der Waals surface area contributed by atoms with Crippen molar-refractivity contribution in [2.75, 3.05) is 26.0 Å². The van der Waals surface area contributed by atoms with E-state index in [1.807, 2.05) is 48.5 Å². The van der Waals surface area contributed by atoms with E-state index in [9.17, 15) is 4.79 Å². The number of nitrogens with zero attached hydrogens (tertiary/aromatic N) is 2. The number of anilines is 1. The maximum Gasteiger partial charge on any atom is 0.247 e. The highest BCUT2D eigenvalue weighted by Crippen LogP contribution is 2.27. The van der Waals surface area contributed by atoms with Gasteiger partial charge in [-0.15, -0.1) is 0 Å². The van der Waals surface area contributed by atoms with Crippen molar-refractivity contribution in [3.63, 3.8) is 0 Å². The summed E-state index contributed by atoms with van der Waals surface area (Å²) in [5, 5.41) is 3.96. The van der Waals surface area contributed by atoms with E-state index in [2.05, 4.69) is 5.32 Å². The number of likely N-dealkylation sites (N-methyl/N-ethyl adjacent to an activating group) is 1. The average Bonchev–Trinajstić information content (AvgIpc) is 2.74. The summed E-state index contributed by atoms with van der Waals surface area (Å²) in [4.78, 5) is 18.2. The number of carbonyl (C=O) groups is 1. The van der Waals surface area contributed by atoms with E-state index in [-0.39, 0.29) is 5.91 Å². The molecular formula is C19H18ClN3O. The number of benzene rings is 2. The lowest BCUT2D eigenvalue weighted by Crippen LogP contribution is -2.20. The summed E-state index contributed by atoms with van der Waals surface area (Å²) in [6.45, 7) is 0.399. The molecule has 0 fully saturated rings. The second kappa shape index (κ2) is 6.89. The third kappa shape index (κ3) is 3.49. The minimum Gasteiger partial charge on any atom is -0.357 e. The van der Waals surface area contributed by atoms with Gasteiger partial charge in [0.15, 0.2) is 0 Å². The van der Waals surface area contributed by atoms with Gasteiger partial charge >= 0.3 is 0 Å². The van der Waals surface area contributed by atoms with E-state index in [0.29, 0.717) is 11.6 Å². The van der Waals surface area contributed by atoms with E-state index in [1.54, 1.807) is 20.2 Å². The maximum atomic E-state index is 12.0. The van der Waals surface area contributed by atoms with Crippen molar-refractivity contribution in [1.82, 2.24) is 4.90 Å². The minimum absolute atomic E-state index is 0.0774. The van der Waals surface area contributed by atoms with E-state index in [0.717, 1.165) is 28.2 Å². The molecule has 1 heterocycles. The average molecular weight is 340 g/mol. The standard InChI is InChI=1S/C19H18ClN3O/c1-23(2)18(24)11-15-12-21-19(13-6-4-3-5-7-13)16-10-14(20)8-9-17(16)22-15/h3-11,22H,12H2,1-2H3/b15-11-. The zero-order valence-electron chi connectivity index (χ0n) is 13.6. The Morgan fingerprint density at radius 2 is 1.96 bits per heavy atom. The van der Waals surface area contributed by atoms with E-state index >= 15 is 0 Å². The smallest absolute Gasteiger partial charge is 0.247 e. The summed E-state index contributed by atoms with van der Waals surface area (Å²) in [5.74, 6) is -0.0774. The van der Waals surface area contributed by atoms with Crippen LogP contribution in [0, 0.1) is 0 Å². The van der Waals surface area contributed by atoms with Gasteiger partial charge in [0.05, 0.1) is 12.3 Å². The van der Waals surface area contributed by atoms with E-state index < -0.39 is 0 Å². The molecule has 4 nitrogen and oxygen atoms in total. The van der Waals surface area contributed by atoms with Crippen molar-refractivity contribution >= 4 is 28.9 Å². The van der Waals surface area contributed by atoms with Crippen LogP contribution in [0.3, 0.4) is 0 Å². The molecule has 0 aromatic heterocycles. The molecular weight excluding hydrogens is 322 g/mol. The highest BCUT2D eigenvalue weighted by atomic mass is 35.5. The summed E-state index contributed by atoms with van der Waals surface area (Å²) in [6.07, 6.45) is 1.58. The molecule has 0 saturated heterocycles. The van der Waals surface area contributed by atoms with E-state index in [4.69, 9.17) is 16.6 Å². The molecule has 0 atom stereocenters. The van der Waals surface area contributed by atoms with Crippen molar-refractivity contribution in [2.24, 2.45) is 4.99 Å². The zero-order chi connectivity index (χ0) is 17.1. The summed E-state index contributed by atoms with van der Waals surface area (Å²) >= 11 is 6.19. The Balaban J connectivity index is 2.09. The van der Waals surface area contributed by atoms with Crippen LogP contribution < -0.4 is 5.32 Å². The second-order valence-corrected chi connectivity index (χ2v) is 6.18. The van der Waals surface area contributed by atoms with Crippen LogP contribution in [0.5, 0.6) is 0 Å². The maximum absolute atomic E-state index is 12.0. The normalized spacial score (nSPS) is 15.1. The van der Waals surface area contributed by atoms with Gasteiger partial charge in [-0.3, -0.25) is 9.79 Å². The van der Waals surface area contributed by atoms with Crippen molar-refractivity contribution in [3.05, 3.63) is 76.5 Å². The first-order chi connectivity index (χ1) is 11.5. The minimum atomic E-state index is -0.0774. The van der Waals surface area contributed by atoms with Crippen molar-refractivity contribution < 1.29 is 4.79 Å². The third-order valence-corrected chi connectivity index (χ3v) is 3.96. The highest BCUT2D eigenvalue weighted by Gasteiger charge is 2.17. The molecule has 122 valence electrons. The first kappa shape index (κ1) is 16.3. The van der Waals surface area contributed by atoms with Gasteiger partial charge in [0, 0.05) is 47.7 Å². The largest absolute Gasteiger partial charge is 0.357 e. The van der Waals surface area contributed by atoms with E-state index in [1.165, 1.54) is 4.90 Å². The molecule has 1 amide bonds. The molecule has 0 radical (unpaired) electrons. The number of hydrogen-bond donors (Lipinski definition) is 1. The Hall–Kier alpha value is -2.59. The van der Waals surface area contributed by atoms with Crippen LogP contribution in [0.25, 0.3) is 0 Å². The second-order valence-electron chi connectivity index (χ2n) is 5.75. The number of carbonyl (C=O) groups excluding carboxylic acids is 1. The van der Waals surface area contributed by atoms with Gasteiger partial charge in [-0.05, 0) is 18.2 Å². The SMILES string of the molecule is CN(C)C(=O)/C=C1/CN=C(c2ccccc2)c2cc(Cl)ccc2N1. The number of amides is 1. The highest BCUT2D eigenvalue weighted by molar-refractivity contribution is 6.31. The van der Waals surface area contributed by atoms with Gasteiger partial charge in [0.2, 0.25) is 5.91 Å². The predicted octanol–water partition coefficient (Wildman–Crippen LogP) is 3.58. The van der Waals surface area contributed by atoms with Crippen LogP contribution in [-0.4, -0.2) is 37.2 Å². The Labute approximate surface area is 146 Å². The predicted molar refractivity (Wildman–Crippen MR) is 98.8 cm³/mol. The van der Waals surface area contributed by atoms with Gasteiger partial charge in [-0.1, -0.05) is 41.9 Å². The molecule has 2 aromatic rings. The molecule has 2 aromatic carbocycles. The monoisotopic (exact) mass is 339 g/mol. The van der Waals surface area contributed by atoms with Gasteiger partial charge < -0.3 is 10.2 Å². The summed E-state index contributed by atoms with van der Waals surface area (Å²) in [7, 11) is 3.45. The fourth-order valence-corrected chi connectivity index (χ4v) is 2.66. The Bertz CT molecular complexity index is 826. The Kier molecular flexibility index (Phi) is 4.67. The number of rotatable bonds is 2. The summed E-state index contributed by atoms with van der Waals surface area (Å²) < 4.78 is 0. The lowest BCUT2D eigenvalue weighted by Gasteiger charge is -2.12. The topological polar surface area (TPSA) is 44.7 Å². The summed E-state index contributed by atoms with van der Waals surface area (Å²) in [6, 6.07) is 15.6. The molecule has 1 aliphatic rings. The molecule has 0 aliphatic carbocycles. The van der Waals surface area contributed by atoms with Gasteiger partial charge in [-0.2, -0.15) is 0 Å². The first-order valence-electron chi connectivity index (χ1n) is 7.63. The lowest BCUT2D eigenvalue weighted by atomic mass is 10.0. The first-order valence-corrected chi connectivity index (χ1v) is 8.01. The third-order valence-electron chi connectivity index (χ3n) is 3.73. The molecule has 3 rings (SSSR count). The van der Waals surface area contributed by atoms with Gasteiger partial charge in [0.1, 0.15) is 0 Å². The molecule has 0 saturated carbocycles. The van der Waals surface area contributed by atoms with Crippen molar-refractivity contribution in [2.45, 2.75) is 0 Å². The molecule has 24 heavy (non-hydrogen) atoms. The van der Waals surface area contributed by atoms with Gasteiger partial charge in [0.25, 0.3) is 0 Å². The molecule has 0 unspecified atom stereocenters. The molecule has 5 heteroatoms. The van der Waals surface area contributed by atoms with Crippen LogP contribution in [0.4, 0.5) is 5.69 Å². The zero-order valence-corrected chi connectivity index (χ0v) is 14.3. The Morgan fingerprint density at radius 1 is 1.21 bits per heavy atom. The van der Waals surface area contributed by atoms with Crippen LogP contribution in [0.2, 0.25) is 5.02 Å². The van der Waals surface area contributed by atoms with Crippen LogP contribution >= 0.6 is 11.6 Å². The number of fused-ring (bicyclic) bond motifs is 1. The molecule has 1 N–H and O–H groups in total. The summed E-state index contributed by atoms with van der Waals surface area (Å²) in [5.41, 5.74) is 4.44. The van der Waals surface area contributed by atoms with Crippen LogP contribution in [-0.2, 0) is 4.79 Å². The van der Waals surface area contributed by atoms with Crippen molar-refractivity contribution in [3.8, 4) is 0 Å². The molecule has 0 spiro atoms. The number of hydrogen-bond acceptors (Lipinski definition) is 3. The number of aliphatic imine (C=N–C) groups is 1. The van der Waals surface area contributed by atoms with Crippen LogP contribution in [0.1, 0.15) is 11.1 Å². The number of nitrogens with one attached hydrogen (secondary N) is 1. The quantitative estimate of drug-likeness (QED) is 0.850. The van der Waals surface area contributed by atoms with Crippen molar-refractivity contribution in [1.29, 1.82) is 0 Å². The van der Waals surface area contributed by atoms with Gasteiger partial charge in [-0.25, -0.2) is 0 Å². The molecule has 0 bridgehead atoms.